The SMILES string of the molecule is CCC1Oc2ccc(N)cc2N(CC(=O)Nc2ccccc2)C1=O. The van der Waals surface area contributed by atoms with Crippen molar-refractivity contribution in [2.75, 3.05) is 22.5 Å². The zero-order valence-corrected chi connectivity index (χ0v) is 13.4. The smallest absolute Gasteiger partial charge is 0.268 e. The van der Waals surface area contributed by atoms with E-state index in [1.807, 2.05) is 25.1 Å². The molecule has 6 nitrogen and oxygen atoms in total. The Hall–Kier alpha value is -3.02. The van der Waals surface area contributed by atoms with Gasteiger partial charge in [0.05, 0.1) is 5.69 Å². The van der Waals surface area contributed by atoms with Crippen LogP contribution in [0.25, 0.3) is 0 Å². The fraction of sp³-hybridized carbons (Fsp3) is 0.222. The lowest BCUT2D eigenvalue weighted by molar-refractivity contribution is -0.128. The van der Waals surface area contributed by atoms with E-state index in [0.29, 0.717) is 29.2 Å². The van der Waals surface area contributed by atoms with E-state index >= 15 is 0 Å². The number of nitrogen functional groups attached to an aromatic ring is 1. The number of ether oxygens (including phenoxy) is 1. The molecule has 1 heterocycles. The van der Waals surface area contributed by atoms with Crippen LogP contribution >= 0.6 is 0 Å². The van der Waals surface area contributed by atoms with Gasteiger partial charge in [0.1, 0.15) is 12.3 Å². The first-order valence-electron chi connectivity index (χ1n) is 7.81. The highest BCUT2D eigenvalue weighted by Crippen LogP contribution is 2.36. The van der Waals surface area contributed by atoms with Crippen molar-refractivity contribution < 1.29 is 14.3 Å². The van der Waals surface area contributed by atoms with Gasteiger partial charge in [-0.1, -0.05) is 25.1 Å². The molecule has 0 saturated carbocycles. The summed E-state index contributed by atoms with van der Waals surface area (Å²) in [6, 6.07) is 14.2. The number of para-hydroxylation sites is 1. The molecule has 1 atom stereocenters. The molecule has 1 aliphatic rings. The summed E-state index contributed by atoms with van der Waals surface area (Å²) < 4.78 is 5.70. The third kappa shape index (κ3) is 3.17. The van der Waals surface area contributed by atoms with E-state index in [-0.39, 0.29) is 18.4 Å². The second-order valence-corrected chi connectivity index (χ2v) is 5.58. The Kier molecular flexibility index (Phi) is 4.37. The highest BCUT2D eigenvalue weighted by Gasteiger charge is 2.34. The van der Waals surface area contributed by atoms with Gasteiger partial charge in [-0.2, -0.15) is 0 Å². The molecule has 0 radical (unpaired) electrons. The Bertz CT molecular complexity index is 761. The summed E-state index contributed by atoms with van der Waals surface area (Å²) in [6.45, 7) is 1.77. The lowest BCUT2D eigenvalue weighted by Gasteiger charge is -2.33. The van der Waals surface area contributed by atoms with Gasteiger partial charge in [0.15, 0.2) is 6.10 Å². The van der Waals surface area contributed by atoms with Gasteiger partial charge in [0, 0.05) is 11.4 Å². The van der Waals surface area contributed by atoms with E-state index in [1.165, 1.54) is 4.90 Å². The summed E-state index contributed by atoms with van der Waals surface area (Å²) in [6.07, 6.45) is -0.0648. The Balaban J connectivity index is 1.84. The molecule has 3 rings (SSSR count). The van der Waals surface area contributed by atoms with E-state index in [9.17, 15) is 9.59 Å². The largest absolute Gasteiger partial charge is 0.478 e. The molecule has 2 amide bonds. The second-order valence-electron chi connectivity index (χ2n) is 5.58. The van der Waals surface area contributed by atoms with Gasteiger partial charge in [-0.05, 0) is 36.8 Å². The third-order valence-electron chi connectivity index (χ3n) is 3.81. The molecule has 0 spiro atoms. The predicted molar refractivity (Wildman–Crippen MR) is 93.0 cm³/mol. The molecule has 0 saturated heterocycles. The topological polar surface area (TPSA) is 84.7 Å². The number of anilines is 3. The molecule has 24 heavy (non-hydrogen) atoms. The van der Waals surface area contributed by atoms with Crippen molar-refractivity contribution in [3.05, 3.63) is 48.5 Å². The number of benzene rings is 2. The van der Waals surface area contributed by atoms with Crippen molar-refractivity contribution in [3.8, 4) is 5.75 Å². The van der Waals surface area contributed by atoms with Crippen LogP contribution in [0.1, 0.15) is 13.3 Å². The normalized spacial score (nSPS) is 16.3. The van der Waals surface area contributed by atoms with Crippen LogP contribution < -0.4 is 20.7 Å². The van der Waals surface area contributed by atoms with Gasteiger partial charge >= 0.3 is 0 Å². The van der Waals surface area contributed by atoms with Crippen molar-refractivity contribution in [1.82, 2.24) is 0 Å². The number of hydrogen-bond acceptors (Lipinski definition) is 4. The Morgan fingerprint density at radius 1 is 1.25 bits per heavy atom. The fourth-order valence-corrected chi connectivity index (χ4v) is 2.63. The van der Waals surface area contributed by atoms with E-state index in [0.717, 1.165) is 0 Å². The number of carbonyl (C=O) groups is 2. The van der Waals surface area contributed by atoms with Crippen LogP contribution in [0.2, 0.25) is 0 Å². The lowest BCUT2D eigenvalue weighted by Crippen LogP contribution is -2.48. The summed E-state index contributed by atoms with van der Waals surface area (Å²) in [5.74, 6) is 0.0432. The van der Waals surface area contributed by atoms with E-state index in [2.05, 4.69) is 5.32 Å². The number of nitrogens with zero attached hydrogens (tertiary/aromatic N) is 1. The molecule has 0 bridgehead atoms. The summed E-state index contributed by atoms with van der Waals surface area (Å²) in [5, 5.41) is 2.78. The maximum Gasteiger partial charge on any atom is 0.268 e. The van der Waals surface area contributed by atoms with Crippen molar-refractivity contribution in [2.45, 2.75) is 19.4 Å². The van der Waals surface area contributed by atoms with Crippen LogP contribution in [0, 0.1) is 0 Å². The number of fused-ring (bicyclic) bond motifs is 1. The molecule has 2 aromatic carbocycles. The molecule has 3 N–H and O–H groups in total. The van der Waals surface area contributed by atoms with Crippen molar-refractivity contribution in [3.63, 3.8) is 0 Å². The minimum atomic E-state index is -0.592. The summed E-state index contributed by atoms with van der Waals surface area (Å²) >= 11 is 0. The standard InChI is InChI=1S/C18H19N3O3/c1-2-15-18(23)21(14-10-12(19)8-9-16(14)24-15)11-17(22)20-13-6-4-3-5-7-13/h3-10,15H,2,11,19H2,1H3,(H,20,22). The maximum atomic E-state index is 12.6. The van der Waals surface area contributed by atoms with Gasteiger partial charge in [-0.25, -0.2) is 0 Å². The van der Waals surface area contributed by atoms with Crippen molar-refractivity contribution >= 4 is 28.9 Å². The number of hydrogen-bond donors (Lipinski definition) is 2. The van der Waals surface area contributed by atoms with Gasteiger partial charge < -0.3 is 15.8 Å². The van der Waals surface area contributed by atoms with Crippen molar-refractivity contribution in [2.24, 2.45) is 0 Å². The molecule has 124 valence electrons. The number of rotatable bonds is 4. The molecule has 1 unspecified atom stereocenters. The molecular weight excluding hydrogens is 306 g/mol. The average molecular weight is 325 g/mol. The molecule has 6 heteroatoms. The molecule has 2 aromatic rings. The summed E-state index contributed by atoms with van der Waals surface area (Å²) in [5.41, 5.74) is 7.53. The fourth-order valence-electron chi connectivity index (χ4n) is 2.63. The number of nitrogens with one attached hydrogen (secondary N) is 1. The van der Waals surface area contributed by atoms with Crippen LogP contribution in [-0.2, 0) is 9.59 Å². The minimum absolute atomic E-state index is 0.0932. The summed E-state index contributed by atoms with van der Waals surface area (Å²) in [7, 11) is 0. The first kappa shape index (κ1) is 15.9. The maximum absolute atomic E-state index is 12.6. The number of nitrogens with two attached hydrogens (primary N) is 1. The summed E-state index contributed by atoms with van der Waals surface area (Å²) in [4.78, 5) is 26.4. The predicted octanol–water partition coefficient (Wildman–Crippen LogP) is 2.41. The number of amides is 2. The number of carbonyl (C=O) groups excluding carboxylic acids is 2. The quantitative estimate of drug-likeness (QED) is 0.846. The Morgan fingerprint density at radius 2 is 2.00 bits per heavy atom. The molecule has 1 aliphatic heterocycles. The molecule has 0 fully saturated rings. The van der Waals surface area contributed by atoms with Gasteiger partial charge in [-0.3, -0.25) is 14.5 Å². The first-order valence-corrected chi connectivity index (χ1v) is 7.81. The van der Waals surface area contributed by atoms with Gasteiger partial charge in [0.2, 0.25) is 5.91 Å². The third-order valence-corrected chi connectivity index (χ3v) is 3.81. The van der Waals surface area contributed by atoms with Crippen molar-refractivity contribution in [1.29, 1.82) is 0 Å². The second kappa shape index (κ2) is 6.62. The van der Waals surface area contributed by atoms with E-state index in [4.69, 9.17) is 10.5 Å². The van der Waals surface area contributed by atoms with E-state index < -0.39 is 6.10 Å². The van der Waals surface area contributed by atoms with E-state index in [1.54, 1.807) is 30.3 Å². The van der Waals surface area contributed by atoms with Crippen LogP contribution in [0.15, 0.2) is 48.5 Å². The highest BCUT2D eigenvalue weighted by molar-refractivity contribution is 6.06. The molecule has 0 aromatic heterocycles. The minimum Gasteiger partial charge on any atom is -0.478 e. The molecular formula is C18H19N3O3. The first-order chi connectivity index (χ1) is 11.6. The Morgan fingerprint density at radius 3 is 2.71 bits per heavy atom. The average Bonchev–Trinajstić information content (AvgIpc) is 2.58. The zero-order chi connectivity index (χ0) is 17.1. The lowest BCUT2D eigenvalue weighted by atomic mass is 10.1. The van der Waals surface area contributed by atoms with Gasteiger partial charge in [0.25, 0.3) is 5.91 Å². The van der Waals surface area contributed by atoms with Crippen LogP contribution in [0.5, 0.6) is 5.75 Å². The highest BCUT2D eigenvalue weighted by atomic mass is 16.5. The van der Waals surface area contributed by atoms with Crippen LogP contribution in [0.3, 0.4) is 0 Å². The monoisotopic (exact) mass is 325 g/mol. The zero-order valence-electron chi connectivity index (χ0n) is 13.4. The van der Waals surface area contributed by atoms with Gasteiger partial charge in [-0.15, -0.1) is 0 Å². The van der Waals surface area contributed by atoms with Crippen LogP contribution in [0.4, 0.5) is 17.1 Å². The molecule has 0 aliphatic carbocycles. The Labute approximate surface area is 140 Å². The van der Waals surface area contributed by atoms with Crippen LogP contribution in [-0.4, -0.2) is 24.5 Å².